The molecule has 0 aliphatic carbocycles. The van der Waals surface area contributed by atoms with E-state index in [-0.39, 0.29) is 18.4 Å². The molecule has 164 valence electrons. The van der Waals surface area contributed by atoms with Gasteiger partial charge in [-0.2, -0.15) is 4.39 Å². The molecule has 0 atom stereocenters. The van der Waals surface area contributed by atoms with Crippen molar-refractivity contribution in [3.8, 4) is 11.1 Å². The van der Waals surface area contributed by atoms with Crippen molar-refractivity contribution in [1.82, 2.24) is 14.9 Å². The van der Waals surface area contributed by atoms with Gasteiger partial charge in [0.15, 0.2) is 5.97 Å². The highest BCUT2D eigenvalue weighted by atomic mass is 19.1. The summed E-state index contributed by atoms with van der Waals surface area (Å²) in [6, 6.07) is 10.5. The average Bonchev–Trinajstić information content (AvgIpc) is 2.83. The Kier molecular flexibility index (Phi) is 6.84. The van der Waals surface area contributed by atoms with E-state index in [1.54, 1.807) is 30.3 Å². The predicted molar refractivity (Wildman–Crippen MR) is 126 cm³/mol. The number of allylic oxidation sites excluding steroid dienone is 1. The molecule has 3 heterocycles. The maximum Gasteiger partial charge on any atom is 0.231 e. The Hall–Kier alpha value is -3.61. The number of piperidine rings is 1. The molecule has 0 saturated carbocycles. The molecule has 1 aromatic carbocycles. The number of halogens is 1. The third kappa shape index (κ3) is 5.17. The van der Waals surface area contributed by atoms with E-state index in [2.05, 4.69) is 32.4 Å². The third-order valence-electron chi connectivity index (χ3n) is 5.62. The van der Waals surface area contributed by atoms with Crippen molar-refractivity contribution in [2.45, 2.75) is 32.2 Å². The normalized spacial score (nSPS) is 15.4. The van der Waals surface area contributed by atoms with Crippen molar-refractivity contribution >= 4 is 28.3 Å². The second kappa shape index (κ2) is 10.1. The lowest BCUT2D eigenvalue weighted by molar-refractivity contribution is -0.130. The SMILES string of the molecule is C/C=C\N=C(\F)CC(=O)N1CCC(Nc2cc(-c3cccnc3)cc3ccncc23)CC1. The monoisotopic (exact) mass is 431 g/mol. The number of hydrogen-bond donors (Lipinski definition) is 1. The minimum absolute atomic E-state index is 0.216. The molecule has 0 radical (unpaired) electrons. The van der Waals surface area contributed by atoms with Gasteiger partial charge in [0.05, 0.1) is 6.42 Å². The molecule has 2 aromatic heterocycles. The highest BCUT2D eigenvalue weighted by molar-refractivity contribution is 5.98. The van der Waals surface area contributed by atoms with Crippen molar-refractivity contribution in [2.24, 2.45) is 4.99 Å². The molecular formula is C25H26FN5O. The summed E-state index contributed by atoms with van der Waals surface area (Å²) in [6.45, 7) is 2.93. The van der Waals surface area contributed by atoms with Crippen LogP contribution in [-0.2, 0) is 4.79 Å². The van der Waals surface area contributed by atoms with Crippen LogP contribution in [0, 0.1) is 0 Å². The van der Waals surface area contributed by atoms with Crippen LogP contribution in [0.15, 0.2) is 72.4 Å². The average molecular weight is 432 g/mol. The lowest BCUT2D eigenvalue weighted by Gasteiger charge is -2.33. The molecule has 1 aliphatic rings. The van der Waals surface area contributed by atoms with Crippen LogP contribution >= 0.6 is 0 Å². The zero-order valence-corrected chi connectivity index (χ0v) is 18.0. The van der Waals surface area contributed by atoms with E-state index in [0.29, 0.717) is 13.1 Å². The second-order valence-corrected chi connectivity index (χ2v) is 7.83. The first-order valence-electron chi connectivity index (χ1n) is 10.8. The Morgan fingerprint density at radius 3 is 2.75 bits per heavy atom. The number of nitrogens with one attached hydrogen (secondary N) is 1. The van der Waals surface area contributed by atoms with Crippen LogP contribution in [0.4, 0.5) is 10.1 Å². The Bertz CT molecular complexity index is 1140. The molecule has 1 aliphatic heterocycles. The van der Waals surface area contributed by atoms with Crippen LogP contribution in [0.2, 0.25) is 0 Å². The van der Waals surface area contributed by atoms with Crippen LogP contribution in [0.3, 0.4) is 0 Å². The molecule has 32 heavy (non-hydrogen) atoms. The van der Waals surface area contributed by atoms with Crippen molar-refractivity contribution in [3.63, 3.8) is 0 Å². The Morgan fingerprint density at radius 2 is 2.00 bits per heavy atom. The molecule has 0 spiro atoms. The number of pyridine rings is 2. The highest BCUT2D eigenvalue weighted by Crippen LogP contribution is 2.31. The maximum absolute atomic E-state index is 13.7. The van der Waals surface area contributed by atoms with Gasteiger partial charge in [0.1, 0.15) is 0 Å². The highest BCUT2D eigenvalue weighted by Gasteiger charge is 2.24. The summed E-state index contributed by atoms with van der Waals surface area (Å²) in [5.74, 6) is -0.873. The lowest BCUT2D eigenvalue weighted by atomic mass is 9.99. The second-order valence-electron chi connectivity index (χ2n) is 7.83. The number of aliphatic imine (C=N–C) groups is 1. The predicted octanol–water partition coefficient (Wildman–Crippen LogP) is 4.99. The summed E-state index contributed by atoms with van der Waals surface area (Å²) < 4.78 is 13.7. The zero-order chi connectivity index (χ0) is 22.3. The Balaban J connectivity index is 1.46. The summed E-state index contributed by atoms with van der Waals surface area (Å²) >= 11 is 0. The fraction of sp³-hybridized carbons (Fsp3) is 0.280. The van der Waals surface area contributed by atoms with E-state index in [0.717, 1.165) is 40.4 Å². The molecule has 0 unspecified atom stereocenters. The van der Waals surface area contributed by atoms with Crippen molar-refractivity contribution in [1.29, 1.82) is 0 Å². The molecular weight excluding hydrogens is 405 g/mol. The Morgan fingerprint density at radius 1 is 1.19 bits per heavy atom. The molecule has 4 rings (SSSR count). The molecule has 6 nitrogen and oxygen atoms in total. The largest absolute Gasteiger partial charge is 0.382 e. The lowest BCUT2D eigenvalue weighted by Crippen LogP contribution is -2.42. The first-order valence-corrected chi connectivity index (χ1v) is 10.8. The molecule has 0 bridgehead atoms. The van der Waals surface area contributed by atoms with Crippen molar-refractivity contribution in [2.75, 3.05) is 18.4 Å². The van der Waals surface area contributed by atoms with E-state index in [1.165, 1.54) is 6.20 Å². The number of rotatable bonds is 6. The van der Waals surface area contributed by atoms with Gasteiger partial charge in [-0.3, -0.25) is 14.8 Å². The summed E-state index contributed by atoms with van der Waals surface area (Å²) in [4.78, 5) is 26.2. The van der Waals surface area contributed by atoms with Crippen LogP contribution in [0.25, 0.3) is 21.9 Å². The summed E-state index contributed by atoms with van der Waals surface area (Å²) in [6.07, 6.45) is 11.6. The van der Waals surface area contributed by atoms with Crippen LogP contribution in [0.1, 0.15) is 26.2 Å². The number of hydrogen-bond acceptors (Lipinski definition) is 5. The van der Waals surface area contributed by atoms with Crippen LogP contribution in [0.5, 0.6) is 0 Å². The molecule has 1 fully saturated rings. The first kappa shape index (κ1) is 21.6. The molecule has 1 saturated heterocycles. The number of nitrogens with zero attached hydrogens (tertiary/aromatic N) is 4. The number of amides is 1. The van der Waals surface area contributed by atoms with Gasteiger partial charge >= 0.3 is 0 Å². The van der Waals surface area contributed by atoms with E-state index in [9.17, 15) is 9.18 Å². The minimum Gasteiger partial charge on any atom is -0.382 e. The van der Waals surface area contributed by atoms with E-state index >= 15 is 0 Å². The maximum atomic E-state index is 13.7. The number of carbonyl (C=O) groups excluding carboxylic acids is 1. The molecule has 1 amide bonds. The number of benzene rings is 1. The molecule has 1 N–H and O–H groups in total. The number of fused-ring (bicyclic) bond motifs is 1. The van der Waals surface area contributed by atoms with Gasteiger partial charge in [0.2, 0.25) is 5.91 Å². The van der Waals surface area contributed by atoms with E-state index in [4.69, 9.17) is 0 Å². The quantitative estimate of drug-likeness (QED) is 0.558. The standard InChI is InChI=1S/C25H26FN5O/c1-2-8-29-24(26)15-25(32)31-11-6-21(7-12-31)30-23-14-20(19-4-3-9-27-16-19)13-18-5-10-28-17-22(18)23/h2-5,8-10,13-14,16-17,21,30H,6-7,11-12,15H2,1H3/b8-2-,29-24+. The van der Waals surface area contributed by atoms with Gasteiger partial charge in [-0.1, -0.05) is 12.1 Å². The van der Waals surface area contributed by atoms with Gasteiger partial charge < -0.3 is 10.2 Å². The fourth-order valence-corrected chi connectivity index (χ4v) is 3.95. The van der Waals surface area contributed by atoms with Crippen molar-refractivity contribution < 1.29 is 9.18 Å². The van der Waals surface area contributed by atoms with E-state index in [1.807, 2.05) is 30.6 Å². The number of carbonyl (C=O) groups is 1. The van der Waals surface area contributed by atoms with E-state index < -0.39 is 5.97 Å². The summed E-state index contributed by atoms with van der Waals surface area (Å²) in [7, 11) is 0. The summed E-state index contributed by atoms with van der Waals surface area (Å²) in [5, 5.41) is 5.82. The van der Waals surface area contributed by atoms with Crippen LogP contribution in [-0.4, -0.2) is 45.9 Å². The topological polar surface area (TPSA) is 70.5 Å². The van der Waals surface area contributed by atoms with Gasteiger partial charge in [0, 0.05) is 66.8 Å². The molecule has 7 heteroatoms. The van der Waals surface area contributed by atoms with Crippen molar-refractivity contribution in [3.05, 3.63) is 67.4 Å². The fourth-order valence-electron chi connectivity index (χ4n) is 3.95. The third-order valence-corrected chi connectivity index (χ3v) is 5.62. The smallest absolute Gasteiger partial charge is 0.231 e. The number of aromatic nitrogens is 2. The zero-order valence-electron chi connectivity index (χ0n) is 18.0. The number of likely N-dealkylation sites (tertiary alicyclic amines) is 1. The summed E-state index contributed by atoms with van der Waals surface area (Å²) in [5.41, 5.74) is 3.16. The first-order chi connectivity index (χ1) is 15.6. The van der Waals surface area contributed by atoms with Gasteiger partial charge in [-0.05, 0) is 55.0 Å². The van der Waals surface area contributed by atoms with Gasteiger partial charge in [0.25, 0.3) is 0 Å². The van der Waals surface area contributed by atoms with Gasteiger partial charge in [-0.25, -0.2) is 4.99 Å². The van der Waals surface area contributed by atoms with Crippen LogP contribution < -0.4 is 5.32 Å². The van der Waals surface area contributed by atoms with Gasteiger partial charge in [-0.15, -0.1) is 0 Å². The number of anilines is 1. The Labute approximate surface area is 186 Å². The minimum atomic E-state index is -0.653. The molecule has 3 aromatic rings.